The number of halogens is 1. The summed E-state index contributed by atoms with van der Waals surface area (Å²) >= 11 is 3.45. The summed E-state index contributed by atoms with van der Waals surface area (Å²) in [5, 5.41) is 0. The van der Waals surface area contributed by atoms with Crippen molar-refractivity contribution in [2.75, 3.05) is 14.2 Å². The van der Waals surface area contributed by atoms with Crippen molar-refractivity contribution in [2.24, 2.45) is 0 Å². The fourth-order valence-electron chi connectivity index (χ4n) is 2.09. The van der Waals surface area contributed by atoms with E-state index >= 15 is 0 Å². The molecule has 3 rings (SSSR count). The third-order valence-corrected chi connectivity index (χ3v) is 3.59. The highest BCUT2D eigenvalue weighted by molar-refractivity contribution is 9.10. The van der Waals surface area contributed by atoms with Gasteiger partial charge in [0, 0.05) is 22.4 Å². The van der Waals surface area contributed by atoms with E-state index in [0.29, 0.717) is 11.5 Å². The lowest BCUT2D eigenvalue weighted by atomic mass is 10.1. The lowest BCUT2D eigenvalue weighted by molar-refractivity contribution is 0.355. The Bertz CT molecular complexity index is 768. The predicted molar refractivity (Wildman–Crippen MR) is 81.4 cm³/mol. The lowest BCUT2D eigenvalue weighted by Crippen LogP contribution is -1.90. The molecule has 102 valence electrons. The van der Waals surface area contributed by atoms with Crippen LogP contribution in [-0.4, -0.2) is 23.6 Å². The average Bonchev–Trinajstić information content (AvgIpc) is 2.89. The maximum atomic E-state index is 5.32. The van der Waals surface area contributed by atoms with Gasteiger partial charge in [0.2, 0.25) is 0 Å². The normalized spacial score (nSPS) is 10.8. The van der Waals surface area contributed by atoms with Gasteiger partial charge >= 0.3 is 0 Å². The number of pyridine rings is 1. The van der Waals surface area contributed by atoms with Crippen molar-refractivity contribution in [2.45, 2.75) is 0 Å². The number of aromatic nitrogens is 2. The highest BCUT2D eigenvalue weighted by Gasteiger charge is 2.09. The number of rotatable bonds is 3. The third-order valence-electron chi connectivity index (χ3n) is 3.10. The van der Waals surface area contributed by atoms with E-state index in [4.69, 9.17) is 9.47 Å². The van der Waals surface area contributed by atoms with Crippen LogP contribution in [0.3, 0.4) is 0 Å². The first kappa shape index (κ1) is 13.0. The van der Waals surface area contributed by atoms with Crippen molar-refractivity contribution in [3.8, 4) is 22.8 Å². The van der Waals surface area contributed by atoms with E-state index in [-0.39, 0.29) is 0 Å². The Morgan fingerprint density at radius 2 is 1.85 bits per heavy atom. The van der Waals surface area contributed by atoms with Gasteiger partial charge in [-0.1, -0.05) is 15.9 Å². The second-order valence-electron chi connectivity index (χ2n) is 4.31. The van der Waals surface area contributed by atoms with Crippen LogP contribution in [0.1, 0.15) is 0 Å². The van der Waals surface area contributed by atoms with Gasteiger partial charge in [-0.3, -0.25) is 0 Å². The van der Waals surface area contributed by atoms with Gasteiger partial charge in [0.15, 0.2) is 11.5 Å². The largest absolute Gasteiger partial charge is 0.493 e. The molecule has 0 bridgehead atoms. The van der Waals surface area contributed by atoms with Crippen LogP contribution in [0, 0.1) is 0 Å². The molecule has 2 aromatic heterocycles. The van der Waals surface area contributed by atoms with Gasteiger partial charge in [0.05, 0.1) is 19.9 Å². The topological polar surface area (TPSA) is 35.8 Å². The maximum absolute atomic E-state index is 5.32. The van der Waals surface area contributed by atoms with Gasteiger partial charge in [-0.15, -0.1) is 0 Å². The standard InChI is InChI=1S/C15H13BrN2O2/c1-19-13-4-3-10(7-14(13)20-2)12-9-18-6-5-11(16)8-15(18)17-12/h3-9H,1-2H3. The van der Waals surface area contributed by atoms with Crippen molar-refractivity contribution in [3.63, 3.8) is 0 Å². The van der Waals surface area contributed by atoms with E-state index in [1.54, 1.807) is 14.2 Å². The van der Waals surface area contributed by atoms with E-state index in [9.17, 15) is 0 Å². The van der Waals surface area contributed by atoms with Crippen LogP contribution in [0.15, 0.2) is 47.2 Å². The summed E-state index contributed by atoms with van der Waals surface area (Å²) in [7, 11) is 3.25. The minimum absolute atomic E-state index is 0.697. The van der Waals surface area contributed by atoms with Crippen molar-refractivity contribution in [1.29, 1.82) is 0 Å². The number of hydrogen-bond acceptors (Lipinski definition) is 3. The summed E-state index contributed by atoms with van der Waals surface area (Å²) in [6.07, 6.45) is 3.96. The fraction of sp³-hybridized carbons (Fsp3) is 0.133. The zero-order chi connectivity index (χ0) is 14.1. The predicted octanol–water partition coefficient (Wildman–Crippen LogP) is 3.78. The second-order valence-corrected chi connectivity index (χ2v) is 5.22. The Morgan fingerprint density at radius 1 is 1.05 bits per heavy atom. The van der Waals surface area contributed by atoms with Crippen molar-refractivity contribution < 1.29 is 9.47 Å². The molecule has 0 fully saturated rings. The summed E-state index contributed by atoms with van der Waals surface area (Å²) in [6.45, 7) is 0. The van der Waals surface area contributed by atoms with Crippen LogP contribution < -0.4 is 9.47 Å². The molecule has 0 spiro atoms. The van der Waals surface area contributed by atoms with Crippen LogP contribution in [0.4, 0.5) is 0 Å². The van der Waals surface area contributed by atoms with Crippen LogP contribution in [0.2, 0.25) is 0 Å². The molecule has 1 aromatic carbocycles. The number of methoxy groups -OCH3 is 2. The van der Waals surface area contributed by atoms with Crippen molar-refractivity contribution in [3.05, 3.63) is 47.2 Å². The summed E-state index contributed by atoms with van der Waals surface area (Å²) < 4.78 is 13.6. The smallest absolute Gasteiger partial charge is 0.161 e. The third kappa shape index (κ3) is 2.25. The molecule has 0 amide bonds. The van der Waals surface area contributed by atoms with Gasteiger partial charge in [-0.05, 0) is 30.3 Å². The molecule has 0 aliphatic rings. The average molecular weight is 333 g/mol. The van der Waals surface area contributed by atoms with E-state index in [1.807, 2.05) is 47.1 Å². The molecule has 2 heterocycles. The van der Waals surface area contributed by atoms with Crippen molar-refractivity contribution in [1.82, 2.24) is 9.38 Å². The van der Waals surface area contributed by atoms with E-state index in [1.165, 1.54) is 0 Å². The molecule has 0 atom stereocenters. The molecule has 5 heteroatoms. The first-order valence-electron chi connectivity index (χ1n) is 6.08. The quantitative estimate of drug-likeness (QED) is 0.732. The number of fused-ring (bicyclic) bond motifs is 1. The number of nitrogens with zero attached hydrogens (tertiary/aromatic N) is 2. The zero-order valence-corrected chi connectivity index (χ0v) is 12.7. The molecule has 0 N–H and O–H groups in total. The van der Waals surface area contributed by atoms with Crippen LogP contribution in [0.25, 0.3) is 16.9 Å². The monoisotopic (exact) mass is 332 g/mol. The Balaban J connectivity index is 2.10. The molecule has 0 unspecified atom stereocenters. The molecule has 0 saturated carbocycles. The van der Waals surface area contributed by atoms with E-state index < -0.39 is 0 Å². The molecule has 4 nitrogen and oxygen atoms in total. The summed E-state index contributed by atoms with van der Waals surface area (Å²) in [4.78, 5) is 4.61. The molecule has 0 aliphatic heterocycles. The summed E-state index contributed by atoms with van der Waals surface area (Å²) in [6, 6.07) is 9.74. The number of ether oxygens (including phenoxy) is 2. The molecule has 3 aromatic rings. The number of benzene rings is 1. The number of hydrogen-bond donors (Lipinski definition) is 0. The van der Waals surface area contributed by atoms with Gasteiger partial charge in [0.25, 0.3) is 0 Å². The van der Waals surface area contributed by atoms with Crippen LogP contribution >= 0.6 is 15.9 Å². The zero-order valence-electron chi connectivity index (χ0n) is 11.1. The fourth-order valence-corrected chi connectivity index (χ4v) is 2.41. The highest BCUT2D eigenvalue weighted by atomic mass is 79.9. The molecular formula is C15H13BrN2O2. The minimum atomic E-state index is 0.697. The molecule has 0 saturated heterocycles. The Labute approximate surface area is 125 Å². The molecule has 0 radical (unpaired) electrons. The van der Waals surface area contributed by atoms with E-state index in [2.05, 4.69) is 20.9 Å². The Kier molecular flexibility index (Phi) is 3.36. The number of imidazole rings is 1. The summed E-state index contributed by atoms with van der Waals surface area (Å²) in [5.74, 6) is 1.41. The SMILES string of the molecule is COc1ccc(-c2cn3ccc(Br)cc3n2)cc1OC. The van der Waals surface area contributed by atoms with Crippen LogP contribution in [-0.2, 0) is 0 Å². The highest BCUT2D eigenvalue weighted by Crippen LogP contribution is 2.32. The minimum Gasteiger partial charge on any atom is -0.493 e. The van der Waals surface area contributed by atoms with Crippen molar-refractivity contribution >= 4 is 21.6 Å². The van der Waals surface area contributed by atoms with E-state index in [0.717, 1.165) is 21.4 Å². The Hall–Kier alpha value is -2.01. The van der Waals surface area contributed by atoms with Crippen LogP contribution in [0.5, 0.6) is 11.5 Å². The lowest BCUT2D eigenvalue weighted by Gasteiger charge is -2.08. The van der Waals surface area contributed by atoms with Gasteiger partial charge < -0.3 is 13.9 Å². The molecule has 0 aliphatic carbocycles. The molecule has 20 heavy (non-hydrogen) atoms. The maximum Gasteiger partial charge on any atom is 0.161 e. The van der Waals surface area contributed by atoms with Gasteiger partial charge in [0.1, 0.15) is 5.65 Å². The Morgan fingerprint density at radius 3 is 2.60 bits per heavy atom. The first-order valence-corrected chi connectivity index (χ1v) is 6.87. The molecular weight excluding hydrogens is 320 g/mol. The summed E-state index contributed by atoms with van der Waals surface area (Å²) in [5.41, 5.74) is 2.77. The van der Waals surface area contributed by atoms with Gasteiger partial charge in [-0.25, -0.2) is 4.98 Å². The van der Waals surface area contributed by atoms with Gasteiger partial charge in [-0.2, -0.15) is 0 Å². The second kappa shape index (κ2) is 5.17. The first-order chi connectivity index (χ1) is 9.71.